The molecule has 1 amide bonds. The molecule has 0 unspecified atom stereocenters. The van der Waals surface area contributed by atoms with Crippen molar-refractivity contribution in [1.29, 1.82) is 0 Å². The van der Waals surface area contributed by atoms with Crippen molar-refractivity contribution in [2.45, 2.75) is 51.9 Å². The van der Waals surface area contributed by atoms with Crippen molar-refractivity contribution in [3.05, 3.63) is 0 Å². The van der Waals surface area contributed by atoms with Gasteiger partial charge in [-0.25, -0.2) is 0 Å². The van der Waals surface area contributed by atoms with Crippen LogP contribution in [0.1, 0.15) is 51.9 Å². The summed E-state index contributed by atoms with van der Waals surface area (Å²) in [7, 11) is 0. The average molecular weight is 338 g/mol. The van der Waals surface area contributed by atoms with Gasteiger partial charge in [-0.1, -0.05) is 12.8 Å². The lowest BCUT2D eigenvalue weighted by atomic mass is 10.2. The highest BCUT2D eigenvalue weighted by Crippen LogP contribution is 2.10. The Labute approximate surface area is 147 Å². The van der Waals surface area contributed by atoms with Gasteiger partial charge in [-0.15, -0.1) is 0 Å². The van der Waals surface area contributed by atoms with Crippen molar-refractivity contribution in [2.24, 2.45) is 4.99 Å². The van der Waals surface area contributed by atoms with E-state index in [1.807, 2.05) is 4.90 Å². The number of hydrogen-bond acceptors (Lipinski definition) is 3. The Hall–Kier alpha value is -1.30. The maximum atomic E-state index is 11.6. The van der Waals surface area contributed by atoms with E-state index in [0.717, 1.165) is 64.5 Å². The third kappa shape index (κ3) is 7.07. The van der Waals surface area contributed by atoms with Crippen LogP contribution >= 0.6 is 0 Å². The van der Waals surface area contributed by atoms with Gasteiger partial charge in [0.05, 0.1) is 0 Å². The van der Waals surface area contributed by atoms with Gasteiger partial charge < -0.3 is 20.4 Å². The minimum Gasteiger partial charge on any atom is -0.357 e. The second-order valence-corrected chi connectivity index (χ2v) is 6.78. The van der Waals surface area contributed by atoms with Crippen LogP contribution < -0.4 is 10.6 Å². The summed E-state index contributed by atoms with van der Waals surface area (Å²) < 4.78 is 0. The lowest BCUT2D eigenvalue weighted by Gasteiger charge is -2.20. The molecule has 2 aliphatic rings. The molecule has 24 heavy (non-hydrogen) atoms. The number of rotatable bonds is 8. The summed E-state index contributed by atoms with van der Waals surface area (Å²) in [5.41, 5.74) is 0. The first-order chi connectivity index (χ1) is 11.8. The SMILES string of the molecule is CCNC(=NCCCN1CCCC1=O)NCCN1CCCCCC1. The van der Waals surface area contributed by atoms with E-state index in [1.165, 1.54) is 38.8 Å². The number of likely N-dealkylation sites (tertiary alicyclic amines) is 2. The van der Waals surface area contributed by atoms with E-state index in [0.29, 0.717) is 5.91 Å². The fraction of sp³-hybridized carbons (Fsp3) is 0.889. The Morgan fingerprint density at radius 1 is 1.04 bits per heavy atom. The monoisotopic (exact) mass is 337 g/mol. The highest BCUT2D eigenvalue weighted by molar-refractivity contribution is 5.79. The van der Waals surface area contributed by atoms with E-state index in [2.05, 4.69) is 27.4 Å². The van der Waals surface area contributed by atoms with Crippen molar-refractivity contribution >= 4 is 11.9 Å². The second kappa shape index (κ2) is 11.3. The molecule has 2 fully saturated rings. The standard InChI is InChI=1S/C18H35N5O/c1-2-19-18(20-10-8-15-23-14-7-9-17(23)24)21-11-16-22-12-5-3-4-6-13-22/h2-16H2,1H3,(H2,19,20,21). The molecular weight excluding hydrogens is 302 g/mol. The molecule has 2 aliphatic heterocycles. The number of carbonyl (C=O) groups is 1. The Balaban J connectivity index is 1.63. The molecule has 2 rings (SSSR count). The molecule has 0 aromatic heterocycles. The molecule has 2 heterocycles. The zero-order valence-electron chi connectivity index (χ0n) is 15.4. The van der Waals surface area contributed by atoms with Crippen LogP contribution in [0.4, 0.5) is 0 Å². The summed E-state index contributed by atoms with van der Waals surface area (Å²) in [6.07, 6.45) is 8.12. The van der Waals surface area contributed by atoms with Gasteiger partial charge in [0.1, 0.15) is 0 Å². The number of hydrogen-bond donors (Lipinski definition) is 2. The van der Waals surface area contributed by atoms with E-state index in [-0.39, 0.29) is 0 Å². The number of aliphatic imine (C=N–C) groups is 1. The number of nitrogens with zero attached hydrogens (tertiary/aromatic N) is 3. The maximum Gasteiger partial charge on any atom is 0.222 e. The molecule has 0 aromatic rings. The molecule has 0 atom stereocenters. The predicted molar refractivity (Wildman–Crippen MR) is 99.3 cm³/mol. The highest BCUT2D eigenvalue weighted by Gasteiger charge is 2.18. The van der Waals surface area contributed by atoms with Crippen molar-refractivity contribution in [3.8, 4) is 0 Å². The van der Waals surface area contributed by atoms with Gasteiger partial charge in [0, 0.05) is 45.7 Å². The van der Waals surface area contributed by atoms with Crippen molar-refractivity contribution in [3.63, 3.8) is 0 Å². The molecule has 2 N–H and O–H groups in total. The number of guanidine groups is 1. The molecule has 2 saturated heterocycles. The van der Waals surface area contributed by atoms with E-state index in [1.54, 1.807) is 0 Å². The molecule has 0 aromatic carbocycles. The summed E-state index contributed by atoms with van der Waals surface area (Å²) in [5, 5.41) is 6.75. The van der Waals surface area contributed by atoms with Crippen LogP contribution in [0.25, 0.3) is 0 Å². The van der Waals surface area contributed by atoms with Crippen LogP contribution in [0.2, 0.25) is 0 Å². The average Bonchev–Trinajstić information content (AvgIpc) is 2.83. The molecule has 138 valence electrons. The van der Waals surface area contributed by atoms with Crippen LogP contribution in [0.15, 0.2) is 4.99 Å². The topological polar surface area (TPSA) is 60.0 Å². The molecule has 0 saturated carbocycles. The molecule has 0 aliphatic carbocycles. The van der Waals surface area contributed by atoms with E-state index in [9.17, 15) is 4.79 Å². The zero-order valence-corrected chi connectivity index (χ0v) is 15.4. The highest BCUT2D eigenvalue weighted by atomic mass is 16.2. The quantitative estimate of drug-likeness (QED) is 0.400. The fourth-order valence-electron chi connectivity index (χ4n) is 3.43. The normalized spacial score (nSPS) is 20.3. The first-order valence-corrected chi connectivity index (χ1v) is 9.82. The summed E-state index contributed by atoms with van der Waals surface area (Å²) in [5.74, 6) is 1.21. The molecule has 6 nitrogen and oxygen atoms in total. The third-order valence-electron chi connectivity index (χ3n) is 4.79. The molecular formula is C18H35N5O. The smallest absolute Gasteiger partial charge is 0.222 e. The largest absolute Gasteiger partial charge is 0.357 e. The van der Waals surface area contributed by atoms with Crippen LogP contribution in [0.3, 0.4) is 0 Å². The lowest BCUT2D eigenvalue weighted by Crippen LogP contribution is -2.42. The van der Waals surface area contributed by atoms with Gasteiger partial charge >= 0.3 is 0 Å². The number of carbonyl (C=O) groups excluding carboxylic acids is 1. The minimum atomic E-state index is 0.307. The molecule has 0 radical (unpaired) electrons. The van der Waals surface area contributed by atoms with E-state index < -0.39 is 0 Å². The van der Waals surface area contributed by atoms with E-state index >= 15 is 0 Å². The first-order valence-electron chi connectivity index (χ1n) is 9.82. The molecule has 0 bridgehead atoms. The van der Waals surface area contributed by atoms with Crippen molar-refractivity contribution < 1.29 is 4.79 Å². The van der Waals surface area contributed by atoms with Crippen molar-refractivity contribution in [1.82, 2.24) is 20.4 Å². The Bertz CT molecular complexity index is 391. The van der Waals surface area contributed by atoms with Gasteiger partial charge in [-0.3, -0.25) is 9.79 Å². The van der Waals surface area contributed by atoms with Gasteiger partial charge in [0.15, 0.2) is 5.96 Å². The lowest BCUT2D eigenvalue weighted by molar-refractivity contribution is -0.127. The van der Waals surface area contributed by atoms with Crippen molar-refractivity contribution in [2.75, 3.05) is 52.4 Å². The molecule has 0 spiro atoms. The fourth-order valence-corrected chi connectivity index (χ4v) is 3.43. The van der Waals surface area contributed by atoms with Crippen LogP contribution in [-0.4, -0.2) is 74.0 Å². The number of nitrogens with one attached hydrogen (secondary N) is 2. The van der Waals surface area contributed by atoms with Gasteiger partial charge in [0.25, 0.3) is 0 Å². The summed E-state index contributed by atoms with van der Waals surface area (Å²) >= 11 is 0. The Morgan fingerprint density at radius 2 is 1.83 bits per heavy atom. The maximum absolute atomic E-state index is 11.6. The number of amides is 1. The Morgan fingerprint density at radius 3 is 2.50 bits per heavy atom. The third-order valence-corrected chi connectivity index (χ3v) is 4.79. The zero-order chi connectivity index (χ0) is 17.0. The Kier molecular flexibility index (Phi) is 8.95. The summed E-state index contributed by atoms with van der Waals surface area (Å²) in [6, 6.07) is 0. The summed E-state index contributed by atoms with van der Waals surface area (Å²) in [6.45, 7) is 10.0. The van der Waals surface area contributed by atoms with E-state index in [4.69, 9.17) is 0 Å². The van der Waals surface area contributed by atoms with Gasteiger partial charge in [0.2, 0.25) is 5.91 Å². The minimum absolute atomic E-state index is 0.307. The van der Waals surface area contributed by atoms with Crippen LogP contribution in [0.5, 0.6) is 0 Å². The summed E-state index contributed by atoms with van der Waals surface area (Å²) in [4.78, 5) is 20.7. The van der Waals surface area contributed by atoms with Crippen LogP contribution in [-0.2, 0) is 4.79 Å². The van der Waals surface area contributed by atoms with Gasteiger partial charge in [-0.05, 0) is 45.7 Å². The molecule has 6 heteroatoms. The van der Waals surface area contributed by atoms with Gasteiger partial charge in [-0.2, -0.15) is 0 Å². The van der Waals surface area contributed by atoms with Crippen LogP contribution in [0, 0.1) is 0 Å². The second-order valence-electron chi connectivity index (χ2n) is 6.78. The first kappa shape index (κ1) is 19.0. The predicted octanol–water partition coefficient (Wildman–Crippen LogP) is 1.43.